The number of amides is 1. The second-order valence-corrected chi connectivity index (χ2v) is 8.52. The molecule has 1 aliphatic heterocycles. The highest BCUT2D eigenvalue weighted by Gasteiger charge is 2.28. The van der Waals surface area contributed by atoms with E-state index in [1.54, 1.807) is 11.3 Å². The van der Waals surface area contributed by atoms with Gasteiger partial charge >= 0.3 is 0 Å². The number of carbonyl (C=O) groups is 1. The summed E-state index contributed by atoms with van der Waals surface area (Å²) in [5.41, 5.74) is 8.65. The van der Waals surface area contributed by atoms with Crippen LogP contribution in [0.4, 0.5) is 5.82 Å². The van der Waals surface area contributed by atoms with Crippen LogP contribution in [0.5, 0.6) is 0 Å². The first-order valence-electron chi connectivity index (χ1n) is 10.2. The quantitative estimate of drug-likeness (QED) is 0.462. The monoisotopic (exact) mass is 438 g/mol. The van der Waals surface area contributed by atoms with E-state index in [1.165, 1.54) is 12.4 Å². The van der Waals surface area contributed by atoms with Gasteiger partial charge in [-0.1, -0.05) is 6.58 Å². The number of nitrogens with two attached hydrogens (primary N) is 1. The molecule has 0 spiro atoms. The number of allylic oxidation sites excluding steroid dienone is 2. The first kappa shape index (κ1) is 21.0. The lowest BCUT2D eigenvalue weighted by atomic mass is 10.1. The maximum absolute atomic E-state index is 12.1. The van der Waals surface area contributed by atoms with E-state index in [0.29, 0.717) is 24.6 Å². The number of carbonyl (C=O) groups excluding carboxylic acids is 1. The molecule has 2 N–H and O–H groups in total. The Kier molecular flexibility index (Phi) is 6.03. The number of ether oxygens (including phenoxy) is 1. The van der Waals surface area contributed by atoms with E-state index in [9.17, 15) is 4.79 Å². The topological polar surface area (TPSA) is 99.2 Å². The SMILES string of the molecule is C=CC(=O)N1CCCC(n2nc(-c3csc(CO/C(C)=C/C)c3)c3c(N)ncnc32)C1. The standard InChI is InChI=1S/C22H26N6O2S/c1-4-14(3)30-11-17-9-15(12-31-17)20-19-21(23)24-13-25-22(19)28(26-20)16-7-6-8-27(10-16)18(29)5-2/h4-5,9,12-13,16H,2,6-8,10-11H2,1,3H3,(H2,23,24,25)/b14-4+. The number of hydrogen-bond donors (Lipinski definition) is 1. The fourth-order valence-corrected chi connectivity index (χ4v) is 4.56. The summed E-state index contributed by atoms with van der Waals surface area (Å²) >= 11 is 1.62. The summed E-state index contributed by atoms with van der Waals surface area (Å²) < 4.78 is 7.64. The lowest BCUT2D eigenvalue weighted by Crippen LogP contribution is -2.40. The number of likely N-dealkylation sites (tertiary alicyclic amines) is 1. The minimum absolute atomic E-state index is 0.0157. The predicted octanol–water partition coefficient (Wildman–Crippen LogP) is 3.93. The molecule has 4 rings (SSSR count). The zero-order valence-electron chi connectivity index (χ0n) is 17.7. The third-order valence-corrected chi connectivity index (χ3v) is 6.43. The van der Waals surface area contributed by atoms with Crippen molar-refractivity contribution in [3.05, 3.63) is 47.1 Å². The van der Waals surface area contributed by atoms with E-state index < -0.39 is 0 Å². The molecule has 9 heteroatoms. The maximum atomic E-state index is 12.1. The fourth-order valence-electron chi connectivity index (χ4n) is 3.78. The average molecular weight is 439 g/mol. The van der Waals surface area contributed by atoms with Crippen LogP contribution in [-0.4, -0.2) is 43.6 Å². The van der Waals surface area contributed by atoms with Gasteiger partial charge in [-0.2, -0.15) is 5.10 Å². The number of thiophene rings is 1. The third kappa shape index (κ3) is 4.18. The highest BCUT2D eigenvalue weighted by Crippen LogP contribution is 2.35. The summed E-state index contributed by atoms with van der Waals surface area (Å²) in [6, 6.07) is 2.09. The molecule has 1 atom stereocenters. The van der Waals surface area contributed by atoms with Crippen LogP contribution < -0.4 is 5.73 Å². The highest BCUT2D eigenvalue weighted by molar-refractivity contribution is 7.10. The molecule has 0 saturated carbocycles. The molecule has 0 aliphatic carbocycles. The Morgan fingerprint density at radius 3 is 3.06 bits per heavy atom. The summed E-state index contributed by atoms with van der Waals surface area (Å²) in [5, 5.41) is 7.71. The van der Waals surface area contributed by atoms with Crippen molar-refractivity contribution in [1.82, 2.24) is 24.6 Å². The number of nitrogens with zero attached hydrogens (tertiary/aromatic N) is 5. The summed E-state index contributed by atoms with van der Waals surface area (Å²) in [7, 11) is 0. The van der Waals surface area contributed by atoms with E-state index in [1.807, 2.05) is 29.5 Å². The fraction of sp³-hybridized carbons (Fsp3) is 0.364. The second-order valence-electron chi connectivity index (χ2n) is 7.52. The first-order valence-corrected chi connectivity index (χ1v) is 11.1. The van der Waals surface area contributed by atoms with Crippen LogP contribution in [-0.2, 0) is 16.1 Å². The van der Waals surface area contributed by atoms with Gasteiger partial charge in [0.1, 0.15) is 24.4 Å². The van der Waals surface area contributed by atoms with E-state index in [-0.39, 0.29) is 11.9 Å². The van der Waals surface area contributed by atoms with E-state index in [2.05, 4.69) is 28.0 Å². The molecule has 0 aromatic carbocycles. The van der Waals surface area contributed by atoms with Gasteiger partial charge in [0, 0.05) is 28.9 Å². The summed E-state index contributed by atoms with van der Waals surface area (Å²) in [6.07, 6.45) is 6.56. The molecule has 3 aromatic rings. The van der Waals surface area contributed by atoms with Gasteiger partial charge in [-0.05, 0) is 44.9 Å². The lowest BCUT2D eigenvalue weighted by Gasteiger charge is -2.32. The molecule has 0 radical (unpaired) electrons. The summed E-state index contributed by atoms with van der Waals surface area (Å²) in [6.45, 7) is 9.29. The molecule has 31 heavy (non-hydrogen) atoms. The van der Waals surface area contributed by atoms with Crippen molar-refractivity contribution >= 4 is 34.1 Å². The Hall–Kier alpha value is -3.20. The zero-order chi connectivity index (χ0) is 22.0. The number of nitrogen functional groups attached to an aromatic ring is 1. The van der Waals surface area contributed by atoms with Crippen molar-refractivity contribution < 1.29 is 9.53 Å². The van der Waals surface area contributed by atoms with Crippen molar-refractivity contribution in [1.29, 1.82) is 0 Å². The Balaban J connectivity index is 1.70. The van der Waals surface area contributed by atoms with Crippen molar-refractivity contribution in [2.45, 2.75) is 39.3 Å². The molecule has 1 fully saturated rings. The Morgan fingerprint density at radius 1 is 1.45 bits per heavy atom. The Bertz CT molecular complexity index is 1150. The van der Waals surface area contributed by atoms with Crippen LogP contribution in [0.3, 0.4) is 0 Å². The van der Waals surface area contributed by atoms with Crippen molar-refractivity contribution in [2.75, 3.05) is 18.8 Å². The molecule has 1 saturated heterocycles. The van der Waals surface area contributed by atoms with Gasteiger partial charge in [0.25, 0.3) is 0 Å². The number of fused-ring (bicyclic) bond motifs is 1. The number of aromatic nitrogens is 4. The number of hydrogen-bond acceptors (Lipinski definition) is 7. The molecule has 8 nitrogen and oxygen atoms in total. The van der Waals surface area contributed by atoms with Crippen LogP contribution in [0, 0.1) is 0 Å². The smallest absolute Gasteiger partial charge is 0.246 e. The molecule has 162 valence electrons. The Morgan fingerprint density at radius 2 is 2.29 bits per heavy atom. The van der Waals surface area contributed by atoms with E-state index in [0.717, 1.165) is 46.7 Å². The van der Waals surface area contributed by atoms with Gasteiger partial charge in [-0.3, -0.25) is 4.79 Å². The van der Waals surface area contributed by atoms with Gasteiger partial charge in [0.05, 0.1) is 17.2 Å². The number of anilines is 1. The van der Waals surface area contributed by atoms with Gasteiger partial charge in [0.2, 0.25) is 5.91 Å². The highest BCUT2D eigenvalue weighted by atomic mass is 32.1. The van der Waals surface area contributed by atoms with Gasteiger partial charge in [-0.25, -0.2) is 14.6 Å². The number of piperidine rings is 1. The van der Waals surface area contributed by atoms with Crippen LogP contribution >= 0.6 is 11.3 Å². The minimum atomic E-state index is -0.0607. The molecular weight excluding hydrogens is 412 g/mol. The van der Waals surface area contributed by atoms with Crippen LogP contribution in [0.25, 0.3) is 22.3 Å². The van der Waals surface area contributed by atoms with Crippen LogP contribution in [0.2, 0.25) is 0 Å². The molecule has 1 unspecified atom stereocenters. The lowest BCUT2D eigenvalue weighted by molar-refractivity contribution is -0.127. The van der Waals surface area contributed by atoms with Crippen LogP contribution in [0.1, 0.15) is 37.6 Å². The molecule has 0 bridgehead atoms. The molecular formula is C22H26N6O2S. The summed E-state index contributed by atoms with van der Waals surface area (Å²) in [5.74, 6) is 1.22. The van der Waals surface area contributed by atoms with E-state index in [4.69, 9.17) is 15.6 Å². The second kappa shape index (κ2) is 8.89. The molecule has 3 aromatic heterocycles. The molecule has 1 amide bonds. The molecule has 1 aliphatic rings. The molecule has 4 heterocycles. The average Bonchev–Trinajstić information content (AvgIpc) is 3.42. The van der Waals surface area contributed by atoms with Gasteiger partial charge in [-0.15, -0.1) is 11.3 Å². The van der Waals surface area contributed by atoms with E-state index >= 15 is 0 Å². The van der Waals surface area contributed by atoms with Gasteiger partial charge < -0.3 is 15.4 Å². The third-order valence-electron chi connectivity index (χ3n) is 5.52. The number of rotatable bonds is 6. The van der Waals surface area contributed by atoms with Crippen molar-refractivity contribution in [3.8, 4) is 11.3 Å². The maximum Gasteiger partial charge on any atom is 0.246 e. The van der Waals surface area contributed by atoms with Crippen LogP contribution in [0.15, 0.2) is 42.3 Å². The predicted molar refractivity (Wildman–Crippen MR) is 122 cm³/mol. The normalized spacial score (nSPS) is 17.2. The van der Waals surface area contributed by atoms with Crippen molar-refractivity contribution in [3.63, 3.8) is 0 Å². The van der Waals surface area contributed by atoms with Crippen molar-refractivity contribution in [2.24, 2.45) is 0 Å². The zero-order valence-corrected chi connectivity index (χ0v) is 18.6. The Labute approximate surface area is 185 Å². The largest absolute Gasteiger partial charge is 0.493 e. The first-order chi connectivity index (χ1) is 15.0. The van der Waals surface area contributed by atoms with Gasteiger partial charge in [0.15, 0.2) is 5.65 Å². The summed E-state index contributed by atoms with van der Waals surface area (Å²) in [4.78, 5) is 23.7. The minimum Gasteiger partial charge on any atom is -0.493 e.